The van der Waals surface area contributed by atoms with Crippen LogP contribution < -0.4 is 14.7 Å². The molecule has 0 aromatic carbocycles. The van der Waals surface area contributed by atoms with Gasteiger partial charge >= 0.3 is 17.9 Å². The second-order valence-corrected chi connectivity index (χ2v) is 8.56. The van der Waals surface area contributed by atoms with Crippen LogP contribution in [-0.2, 0) is 27.5 Å². The van der Waals surface area contributed by atoms with Gasteiger partial charge in [0.1, 0.15) is 0 Å². The van der Waals surface area contributed by atoms with Gasteiger partial charge in [-0.3, -0.25) is 8.88 Å². The molecular weight excluding hydrogens is 447 g/mol. The number of ether oxygens (including phenoxy) is 1. The van der Waals surface area contributed by atoms with Crippen LogP contribution in [0.2, 0.25) is 0 Å². The minimum atomic E-state index is -5.75. The average Bonchev–Trinajstić information content (AvgIpc) is 2.49. The van der Waals surface area contributed by atoms with Crippen LogP contribution in [0.4, 0.5) is 13.2 Å². The fourth-order valence-corrected chi connectivity index (χ4v) is 3.26. The van der Waals surface area contributed by atoms with Crippen molar-refractivity contribution in [2.75, 3.05) is 13.2 Å². The number of hydrogen-bond acceptors (Lipinski definition) is 9. The maximum atomic E-state index is 12.3. The van der Waals surface area contributed by atoms with Gasteiger partial charge in [-0.2, -0.15) is 18.0 Å². The highest BCUT2D eigenvalue weighted by Gasteiger charge is 2.51. The summed E-state index contributed by atoms with van der Waals surface area (Å²) >= 11 is 0. The summed E-state index contributed by atoms with van der Waals surface area (Å²) in [6.45, 7) is 2.29. The van der Waals surface area contributed by atoms with Gasteiger partial charge in [-0.1, -0.05) is 18.6 Å². The number of hydrogen-bond donors (Lipinski definition) is 0. The molecule has 0 saturated heterocycles. The van der Waals surface area contributed by atoms with Crippen molar-refractivity contribution in [3.8, 4) is 0 Å². The highest BCUT2D eigenvalue weighted by molar-refractivity contribution is 7.58. The standard InChI is InChI=1S/C13H21F3N2O9P2/c1-9(6-7-26-29(23,24)27-28(20,21)22)4-3-5-10(2)8-25-12(19)11(18-17)13(14,15)16/h6,10H,3-5,7-8H2,1-2H3,(H,23,24)(H2,20,21,22)/p-3/b9-6+/t10-/m0/s1. The maximum Gasteiger partial charge on any atom is 0.503 e. The Morgan fingerprint density at radius 1 is 1.28 bits per heavy atom. The quantitative estimate of drug-likeness (QED) is 0.101. The third-order valence-electron chi connectivity index (χ3n) is 3.19. The Balaban J connectivity index is 4.27. The lowest BCUT2D eigenvalue weighted by Crippen LogP contribution is -2.34. The van der Waals surface area contributed by atoms with Crippen LogP contribution in [0.5, 0.6) is 0 Å². The Morgan fingerprint density at radius 3 is 2.34 bits per heavy atom. The molecule has 29 heavy (non-hydrogen) atoms. The fourth-order valence-electron chi connectivity index (χ4n) is 1.83. The number of carbonyl (C=O) groups is 1. The predicted molar refractivity (Wildman–Crippen MR) is 84.7 cm³/mol. The number of phosphoric ester groups is 1. The molecule has 0 fully saturated rings. The molecule has 0 aliphatic carbocycles. The Kier molecular flexibility index (Phi) is 11.2. The molecule has 0 rings (SSSR count). The molecule has 2 atom stereocenters. The first kappa shape index (κ1) is 27.6. The Bertz CT molecular complexity index is 744. The van der Waals surface area contributed by atoms with E-state index in [9.17, 15) is 41.8 Å². The summed E-state index contributed by atoms with van der Waals surface area (Å²) < 4.78 is 70.2. The molecule has 0 amide bonds. The number of alkyl halides is 3. The molecule has 0 radical (unpaired) electrons. The van der Waals surface area contributed by atoms with Gasteiger partial charge in [-0.25, -0.2) is 4.79 Å². The van der Waals surface area contributed by atoms with Gasteiger partial charge in [0.15, 0.2) is 0 Å². The van der Waals surface area contributed by atoms with Gasteiger partial charge in [0.25, 0.3) is 7.82 Å². The highest BCUT2D eigenvalue weighted by Crippen LogP contribution is 2.50. The monoisotopic (exact) mass is 465 g/mol. The fraction of sp³-hybridized carbons (Fsp3) is 0.692. The van der Waals surface area contributed by atoms with E-state index in [2.05, 4.69) is 13.6 Å². The molecule has 0 spiro atoms. The molecule has 0 aromatic rings. The summed E-state index contributed by atoms with van der Waals surface area (Å²) in [7, 11) is -11.0. The van der Waals surface area contributed by atoms with Gasteiger partial charge in [0.05, 0.1) is 21.0 Å². The van der Waals surface area contributed by atoms with E-state index in [-0.39, 0.29) is 12.5 Å². The largest absolute Gasteiger partial charge is 0.790 e. The number of phosphoric acid groups is 2. The predicted octanol–water partition coefficient (Wildman–Crippen LogP) is 0.846. The van der Waals surface area contributed by atoms with Crippen LogP contribution in [0.15, 0.2) is 11.6 Å². The molecule has 0 heterocycles. The molecular formula is C13H18F3N2O9P2-3. The van der Waals surface area contributed by atoms with E-state index in [1.165, 1.54) is 6.08 Å². The van der Waals surface area contributed by atoms with Crippen molar-refractivity contribution in [2.45, 2.75) is 39.3 Å². The topological polar surface area (TPSA) is 184 Å². The number of esters is 1. The number of nitrogens with zero attached hydrogens (tertiary/aromatic N) is 2. The van der Waals surface area contributed by atoms with E-state index in [1.54, 1.807) is 13.8 Å². The summed E-state index contributed by atoms with van der Waals surface area (Å²) in [4.78, 5) is 44.6. The van der Waals surface area contributed by atoms with Crippen LogP contribution in [0.3, 0.4) is 0 Å². The Hall–Kier alpha value is -1.36. The number of carbonyl (C=O) groups excluding carboxylic acids is 1. The van der Waals surface area contributed by atoms with E-state index in [0.29, 0.717) is 24.8 Å². The minimum absolute atomic E-state index is 0.324. The Morgan fingerprint density at radius 2 is 1.86 bits per heavy atom. The van der Waals surface area contributed by atoms with Crippen LogP contribution in [0.25, 0.3) is 5.53 Å². The molecule has 168 valence electrons. The van der Waals surface area contributed by atoms with Gasteiger partial charge < -0.3 is 34.0 Å². The zero-order valence-corrected chi connectivity index (χ0v) is 17.1. The van der Waals surface area contributed by atoms with Crippen molar-refractivity contribution >= 4 is 27.3 Å². The van der Waals surface area contributed by atoms with Crippen molar-refractivity contribution in [1.29, 1.82) is 0 Å². The Labute approximate surface area is 163 Å². The number of rotatable bonds is 12. The number of halogens is 3. The molecule has 0 aromatic heterocycles. The zero-order chi connectivity index (χ0) is 22.9. The molecule has 0 N–H and O–H groups in total. The normalized spacial score (nSPS) is 15.9. The molecule has 1 unspecified atom stereocenters. The first-order valence-corrected chi connectivity index (χ1v) is 10.8. The first-order valence-electron chi connectivity index (χ1n) is 7.88. The van der Waals surface area contributed by atoms with Crippen molar-refractivity contribution in [2.24, 2.45) is 5.92 Å². The van der Waals surface area contributed by atoms with E-state index >= 15 is 0 Å². The average molecular weight is 465 g/mol. The summed E-state index contributed by atoms with van der Waals surface area (Å²) in [5.41, 5.74) is 6.81. The smallest absolute Gasteiger partial charge is 0.503 e. The van der Waals surface area contributed by atoms with Crippen molar-refractivity contribution in [1.82, 2.24) is 0 Å². The molecule has 11 nitrogen and oxygen atoms in total. The number of allylic oxidation sites excluding steroid dienone is 1. The summed E-state index contributed by atoms with van der Waals surface area (Å²) in [6, 6.07) is 0. The summed E-state index contributed by atoms with van der Waals surface area (Å²) in [6.07, 6.45) is -2.51. The third kappa shape index (κ3) is 13.5. The van der Waals surface area contributed by atoms with Gasteiger partial charge in [0.2, 0.25) is 0 Å². The second kappa shape index (κ2) is 11.7. The van der Waals surface area contributed by atoms with Crippen LogP contribution in [-0.4, -0.2) is 35.9 Å². The summed E-state index contributed by atoms with van der Waals surface area (Å²) in [5.74, 6) is -2.13. The van der Waals surface area contributed by atoms with E-state index in [0.717, 1.165) is 0 Å². The van der Waals surface area contributed by atoms with Crippen molar-refractivity contribution < 1.29 is 60.1 Å². The summed E-state index contributed by atoms with van der Waals surface area (Å²) in [5, 5.41) is 0. The van der Waals surface area contributed by atoms with Gasteiger partial charge in [0, 0.05) is 0 Å². The lowest BCUT2D eigenvalue weighted by atomic mass is 10.0. The SMILES string of the molecule is C/C(=C\COP(=O)([O-])OP(=O)([O-])[O-])CCC[C@H](C)COC(=O)C(=[N+]=[N-])C(F)(F)F. The minimum Gasteiger partial charge on any atom is -0.790 e. The molecule has 0 bridgehead atoms. The molecule has 16 heteroatoms. The van der Waals surface area contributed by atoms with E-state index < -0.39 is 40.1 Å². The first-order chi connectivity index (χ1) is 13.1. The lowest BCUT2D eigenvalue weighted by Gasteiger charge is -2.34. The zero-order valence-electron chi connectivity index (χ0n) is 15.3. The van der Waals surface area contributed by atoms with Crippen LogP contribution in [0.1, 0.15) is 33.1 Å². The molecule has 0 saturated carbocycles. The highest BCUT2D eigenvalue weighted by atomic mass is 31.3. The molecule has 0 aliphatic heterocycles. The third-order valence-corrected chi connectivity index (χ3v) is 5.26. The van der Waals surface area contributed by atoms with Crippen LogP contribution >= 0.6 is 15.6 Å². The second-order valence-electron chi connectivity index (χ2n) is 5.86. The lowest BCUT2D eigenvalue weighted by molar-refractivity contribution is -0.339. The van der Waals surface area contributed by atoms with Gasteiger partial charge in [-0.15, -0.1) is 0 Å². The van der Waals surface area contributed by atoms with Crippen LogP contribution in [0, 0.1) is 5.92 Å². The van der Waals surface area contributed by atoms with Gasteiger partial charge in [-0.05, 0) is 32.1 Å². The molecule has 0 aliphatic rings. The maximum absolute atomic E-state index is 12.3. The van der Waals surface area contributed by atoms with E-state index in [4.69, 9.17) is 5.53 Å². The van der Waals surface area contributed by atoms with Crippen molar-refractivity contribution in [3.63, 3.8) is 0 Å². The van der Waals surface area contributed by atoms with E-state index in [1.807, 2.05) is 4.79 Å². The van der Waals surface area contributed by atoms with Crippen molar-refractivity contribution in [3.05, 3.63) is 17.2 Å².